The zero-order valence-corrected chi connectivity index (χ0v) is 9.80. The topological polar surface area (TPSA) is 35.8 Å². The van der Waals surface area contributed by atoms with Gasteiger partial charge in [0.25, 0.3) is 0 Å². The fourth-order valence-corrected chi connectivity index (χ4v) is 1.50. The Hall–Kier alpha value is -1.04. The van der Waals surface area contributed by atoms with Gasteiger partial charge in [-0.25, -0.2) is 0 Å². The Kier molecular flexibility index (Phi) is 4.61. The van der Waals surface area contributed by atoms with E-state index in [1.807, 2.05) is 25.1 Å². The van der Waals surface area contributed by atoms with Gasteiger partial charge in [-0.3, -0.25) is 5.32 Å². The molecule has 80 valence electrons. The molecule has 0 aromatic heterocycles. The molecule has 0 spiro atoms. The highest BCUT2D eigenvalue weighted by atomic mass is 35.5. The molecule has 0 fully saturated rings. The minimum atomic E-state index is -0.261. The molecule has 0 radical (unpaired) electrons. The number of nitrogens with zero attached hydrogens (tertiary/aromatic N) is 1. The standard InChI is InChI=1S/C12H15ClN2/c1-3-6-15-12(8-14)10-5-4-9(2)11(13)7-10/h4-5,7,12,15H,3,6H2,1-2H3. The minimum Gasteiger partial charge on any atom is -0.298 e. The molecule has 1 rings (SSSR count). The van der Waals surface area contributed by atoms with Crippen LogP contribution in [0.1, 0.15) is 30.5 Å². The van der Waals surface area contributed by atoms with Gasteiger partial charge in [0.1, 0.15) is 6.04 Å². The fraction of sp³-hybridized carbons (Fsp3) is 0.417. The van der Waals surface area contributed by atoms with E-state index >= 15 is 0 Å². The summed E-state index contributed by atoms with van der Waals surface area (Å²) in [5.41, 5.74) is 1.97. The summed E-state index contributed by atoms with van der Waals surface area (Å²) in [5, 5.41) is 12.9. The van der Waals surface area contributed by atoms with Crippen LogP contribution in [-0.4, -0.2) is 6.54 Å². The molecular formula is C12H15ClN2. The van der Waals surface area contributed by atoms with E-state index in [1.54, 1.807) is 0 Å². The molecule has 3 heteroatoms. The van der Waals surface area contributed by atoms with Gasteiger partial charge in [0, 0.05) is 5.02 Å². The van der Waals surface area contributed by atoms with Crippen LogP contribution < -0.4 is 5.32 Å². The van der Waals surface area contributed by atoms with E-state index in [1.165, 1.54) is 0 Å². The molecule has 0 aliphatic rings. The highest BCUT2D eigenvalue weighted by Crippen LogP contribution is 2.21. The summed E-state index contributed by atoms with van der Waals surface area (Å²) in [5.74, 6) is 0. The summed E-state index contributed by atoms with van der Waals surface area (Å²) in [6.45, 7) is 4.86. The van der Waals surface area contributed by atoms with Crippen LogP contribution >= 0.6 is 11.6 Å². The van der Waals surface area contributed by atoms with E-state index in [9.17, 15) is 0 Å². The van der Waals surface area contributed by atoms with Gasteiger partial charge >= 0.3 is 0 Å². The van der Waals surface area contributed by atoms with Gasteiger partial charge in [-0.15, -0.1) is 0 Å². The molecule has 2 nitrogen and oxygen atoms in total. The van der Waals surface area contributed by atoms with Gasteiger partial charge in [-0.2, -0.15) is 5.26 Å². The third-order valence-corrected chi connectivity index (χ3v) is 2.66. The zero-order valence-electron chi connectivity index (χ0n) is 9.05. The molecule has 0 saturated carbocycles. The predicted octanol–water partition coefficient (Wildman–Crippen LogP) is 3.21. The molecule has 1 aromatic carbocycles. The van der Waals surface area contributed by atoms with Crippen LogP contribution in [0.5, 0.6) is 0 Å². The van der Waals surface area contributed by atoms with Crippen molar-refractivity contribution in [3.63, 3.8) is 0 Å². The first-order valence-electron chi connectivity index (χ1n) is 5.08. The Morgan fingerprint density at radius 2 is 2.27 bits per heavy atom. The van der Waals surface area contributed by atoms with Crippen LogP contribution in [-0.2, 0) is 0 Å². The Balaban J connectivity index is 2.84. The van der Waals surface area contributed by atoms with Crippen LogP contribution in [0.15, 0.2) is 18.2 Å². The van der Waals surface area contributed by atoms with E-state index in [0.717, 1.165) is 24.1 Å². The molecule has 0 saturated heterocycles. The predicted molar refractivity (Wildman–Crippen MR) is 62.8 cm³/mol. The molecule has 1 N–H and O–H groups in total. The first-order chi connectivity index (χ1) is 7.19. The smallest absolute Gasteiger partial charge is 0.121 e. The van der Waals surface area contributed by atoms with E-state index in [2.05, 4.69) is 18.3 Å². The van der Waals surface area contributed by atoms with Gasteiger partial charge in [-0.05, 0) is 37.1 Å². The van der Waals surface area contributed by atoms with Crippen LogP contribution in [0.25, 0.3) is 0 Å². The monoisotopic (exact) mass is 222 g/mol. The SMILES string of the molecule is CCCNC(C#N)c1ccc(C)c(Cl)c1. The van der Waals surface area contributed by atoms with Gasteiger partial charge in [0.15, 0.2) is 0 Å². The lowest BCUT2D eigenvalue weighted by Crippen LogP contribution is -2.20. The lowest BCUT2D eigenvalue weighted by Gasteiger charge is -2.11. The minimum absolute atomic E-state index is 0.261. The molecule has 0 aliphatic heterocycles. The van der Waals surface area contributed by atoms with E-state index in [-0.39, 0.29) is 6.04 Å². The zero-order chi connectivity index (χ0) is 11.3. The fourth-order valence-electron chi connectivity index (χ4n) is 1.32. The number of halogens is 1. The summed E-state index contributed by atoms with van der Waals surface area (Å²) < 4.78 is 0. The molecule has 1 atom stereocenters. The van der Waals surface area contributed by atoms with Crippen LogP contribution in [0.3, 0.4) is 0 Å². The molecule has 0 bridgehead atoms. The van der Waals surface area contributed by atoms with E-state index < -0.39 is 0 Å². The number of hydrogen-bond donors (Lipinski definition) is 1. The number of benzene rings is 1. The second-order valence-corrected chi connectivity index (χ2v) is 3.93. The van der Waals surface area contributed by atoms with Crippen molar-refractivity contribution in [2.24, 2.45) is 0 Å². The first kappa shape index (κ1) is 12.0. The van der Waals surface area contributed by atoms with Gasteiger partial charge < -0.3 is 0 Å². The number of aryl methyl sites for hydroxylation is 1. The molecule has 0 amide bonds. The molecule has 0 heterocycles. The summed E-state index contributed by atoms with van der Waals surface area (Å²) in [6, 6.07) is 7.71. The summed E-state index contributed by atoms with van der Waals surface area (Å²) in [6.07, 6.45) is 1.01. The van der Waals surface area contributed by atoms with Gasteiger partial charge in [0.05, 0.1) is 6.07 Å². The van der Waals surface area contributed by atoms with Crippen molar-refractivity contribution < 1.29 is 0 Å². The average Bonchev–Trinajstić information content (AvgIpc) is 2.24. The largest absolute Gasteiger partial charge is 0.298 e. The van der Waals surface area contributed by atoms with Crippen molar-refractivity contribution in [3.8, 4) is 6.07 Å². The molecule has 1 aromatic rings. The van der Waals surface area contributed by atoms with Crippen molar-refractivity contribution in [1.29, 1.82) is 5.26 Å². The molecular weight excluding hydrogens is 208 g/mol. The third kappa shape index (κ3) is 3.23. The van der Waals surface area contributed by atoms with Crippen LogP contribution in [0, 0.1) is 18.3 Å². The maximum absolute atomic E-state index is 9.01. The van der Waals surface area contributed by atoms with Crippen molar-refractivity contribution >= 4 is 11.6 Å². The first-order valence-corrected chi connectivity index (χ1v) is 5.46. The number of nitrogens with one attached hydrogen (secondary N) is 1. The lowest BCUT2D eigenvalue weighted by molar-refractivity contribution is 0.621. The summed E-state index contributed by atoms with van der Waals surface area (Å²) >= 11 is 6.01. The van der Waals surface area contributed by atoms with E-state index in [0.29, 0.717) is 5.02 Å². The second-order valence-electron chi connectivity index (χ2n) is 3.52. The Labute approximate surface area is 95.9 Å². The molecule has 1 unspecified atom stereocenters. The van der Waals surface area contributed by atoms with Crippen molar-refractivity contribution in [2.45, 2.75) is 26.3 Å². The van der Waals surface area contributed by atoms with Gasteiger partial charge in [0.2, 0.25) is 0 Å². The van der Waals surface area contributed by atoms with Crippen LogP contribution in [0.4, 0.5) is 0 Å². The maximum atomic E-state index is 9.01. The third-order valence-electron chi connectivity index (χ3n) is 2.26. The van der Waals surface area contributed by atoms with Crippen molar-refractivity contribution in [2.75, 3.05) is 6.54 Å². The van der Waals surface area contributed by atoms with Crippen molar-refractivity contribution in [1.82, 2.24) is 5.32 Å². The number of hydrogen-bond acceptors (Lipinski definition) is 2. The summed E-state index contributed by atoms with van der Waals surface area (Å²) in [7, 11) is 0. The number of rotatable bonds is 4. The Morgan fingerprint density at radius 3 is 2.80 bits per heavy atom. The van der Waals surface area contributed by atoms with Crippen molar-refractivity contribution in [3.05, 3.63) is 34.3 Å². The quantitative estimate of drug-likeness (QED) is 0.849. The second kappa shape index (κ2) is 5.75. The van der Waals surface area contributed by atoms with Gasteiger partial charge in [-0.1, -0.05) is 30.7 Å². The summed E-state index contributed by atoms with van der Waals surface area (Å²) in [4.78, 5) is 0. The van der Waals surface area contributed by atoms with Crippen LogP contribution in [0.2, 0.25) is 5.02 Å². The normalized spacial score (nSPS) is 12.1. The average molecular weight is 223 g/mol. The molecule has 0 aliphatic carbocycles. The lowest BCUT2D eigenvalue weighted by atomic mass is 10.1. The number of nitriles is 1. The highest BCUT2D eigenvalue weighted by Gasteiger charge is 2.09. The maximum Gasteiger partial charge on any atom is 0.121 e. The Bertz CT molecular complexity index is 368. The van der Waals surface area contributed by atoms with E-state index in [4.69, 9.17) is 16.9 Å². The Morgan fingerprint density at radius 1 is 1.53 bits per heavy atom. The highest BCUT2D eigenvalue weighted by molar-refractivity contribution is 6.31. The molecule has 15 heavy (non-hydrogen) atoms.